The van der Waals surface area contributed by atoms with Crippen molar-refractivity contribution in [2.45, 2.75) is 0 Å². The number of fused-ring (bicyclic) bond motifs is 1. The first-order chi connectivity index (χ1) is 16.5. The fourth-order valence-corrected chi connectivity index (χ4v) is 4.15. The van der Waals surface area contributed by atoms with Gasteiger partial charge in [-0.25, -0.2) is 9.50 Å². The topological polar surface area (TPSA) is 62.5 Å². The Labute approximate surface area is 206 Å². The van der Waals surface area contributed by atoms with Gasteiger partial charge in [0.2, 0.25) is 0 Å². The number of nitrogens with zero attached hydrogens (tertiary/aromatic N) is 4. The number of carbonyl (C=O) groups excluding carboxylic acids is 1. The molecule has 2 aromatic heterocycles. The number of nitrogens with one attached hydrogen (secondary N) is 1. The largest absolute Gasteiger partial charge is 0.288 e. The van der Waals surface area contributed by atoms with Crippen molar-refractivity contribution in [1.29, 1.82) is 0 Å². The number of hydrazine groups is 1. The molecule has 0 saturated heterocycles. The molecule has 0 saturated carbocycles. The molecule has 0 unspecified atom stereocenters. The van der Waals surface area contributed by atoms with E-state index in [9.17, 15) is 4.79 Å². The monoisotopic (exact) mass is 487 g/mol. The average Bonchev–Trinajstić information content (AvgIpc) is 3.29. The summed E-state index contributed by atoms with van der Waals surface area (Å²) in [5.41, 5.74) is 7.73. The Morgan fingerprint density at radius 1 is 0.882 bits per heavy atom. The smallest absolute Gasteiger partial charge is 0.275 e. The molecule has 0 aliphatic rings. The molecule has 2 heterocycles. The lowest BCUT2D eigenvalue weighted by Crippen LogP contribution is -2.39. The molecule has 8 heteroatoms. The molecule has 0 fully saturated rings. The van der Waals surface area contributed by atoms with Crippen LogP contribution >= 0.6 is 23.2 Å². The van der Waals surface area contributed by atoms with Crippen LogP contribution in [0.3, 0.4) is 0 Å². The molecular weight excluding hydrogens is 469 g/mol. The number of amides is 1. The minimum atomic E-state index is -0.318. The van der Waals surface area contributed by atoms with Gasteiger partial charge in [-0.3, -0.25) is 15.2 Å². The van der Waals surface area contributed by atoms with Gasteiger partial charge in [0.1, 0.15) is 5.56 Å². The van der Waals surface area contributed by atoms with Gasteiger partial charge in [-0.15, -0.1) is 0 Å². The summed E-state index contributed by atoms with van der Waals surface area (Å²) in [4.78, 5) is 17.7. The standard InChI is InChI=1S/C26H19Cl2N5O/c1-32(19-7-3-2-4-8-19)31-26(34)22-16-30-33-24(17-11-13-18(27)14-12-17)21(15-29-25(22)33)20-9-5-6-10-23(20)28/h2-16H,1H3,(H,31,34). The molecule has 5 rings (SSSR count). The predicted octanol–water partition coefficient (Wildman–Crippen LogP) is 6.15. The Hall–Kier alpha value is -3.87. The van der Waals surface area contributed by atoms with Crippen molar-refractivity contribution < 1.29 is 4.79 Å². The number of anilines is 1. The van der Waals surface area contributed by atoms with Gasteiger partial charge in [0, 0.05) is 40.0 Å². The summed E-state index contributed by atoms with van der Waals surface area (Å²) in [7, 11) is 1.78. The van der Waals surface area contributed by atoms with Crippen LogP contribution in [0.5, 0.6) is 0 Å². The zero-order valence-electron chi connectivity index (χ0n) is 18.1. The van der Waals surface area contributed by atoms with Gasteiger partial charge >= 0.3 is 0 Å². The van der Waals surface area contributed by atoms with Crippen molar-refractivity contribution in [2.24, 2.45) is 0 Å². The van der Waals surface area contributed by atoms with Crippen LogP contribution in [-0.2, 0) is 0 Å². The normalized spacial score (nSPS) is 10.9. The van der Waals surface area contributed by atoms with E-state index in [-0.39, 0.29) is 5.91 Å². The van der Waals surface area contributed by atoms with Crippen LogP contribution in [-0.4, -0.2) is 27.6 Å². The minimum absolute atomic E-state index is 0.318. The fraction of sp³-hybridized carbons (Fsp3) is 0.0385. The minimum Gasteiger partial charge on any atom is -0.288 e. The molecule has 5 aromatic rings. The summed E-state index contributed by atoms with van der Waals surface area (Å²) in [5.74, 6) is -0.318. The van der Waals surface area contributed by atoms with E-state index in [2.05, 4.69) is 15.5 Å². The molecule has 0 aliphatic heterocycles. The van der Waals surface area contributed by atoms with Crippen molar-refractivity contribution in [3.63, 3.8) is 0 Å². The highest BCUT2D eigenvalue weighted by Gasteiger charge is 2.21. The van der Waals surface area contributed by atoms with E-state index in [1.54, 1.807) is 22.8 Å². The van der Waals surface area contributed by atoms with E-state index in [0.717, 1.165) is 28.1 Å². The number of aromatic nitrogens is 3. The van der Waals surface area contributed by atoms with E-state index in [1.807, 2.05) is 78.9 Å². The van der Waals surface area contributed by atoms with Gasteiger partial charge in [0.05, 0.1) is 17.6 Å². The molecule has 34 heavy (non-hydrogen) atoms. The average molecular weight is 488 g/mol. The van der Waals surface area contributed by atoms with Crippen LogP contribution < -0.4 is 10.4 Å². The number of carbonyl (C=O) groups is 1. The van der Waals surface area contributed by atoms with Crippen LogP contribution in [0.1, 0.15) is 10.4 Å². The summed E-state index contributed by atoms with van der Waals surface area (Å²) in [6.07, 6.45) is 3.24. The zero-order valence-corrected chi connectivity index (χ0v) is 19.6. The highest BCUT2D eigenvalue weighted by atomic mass is 35.5. The first kappa shape index (κ1) is 21.9. The third-order valence-corrected chi connectivity index (χ3v) is 6.05. The van der Waals surface area contributed by atoms with Crippen molar-refractivity contribution in [3.05, 3.63) is 107 Å². The third kappa shape index (κ3) is 4.09. The molecule has 0 aliphatic carbocycles. The van der Waals surface area contributed by atoms with Crippen LogP contribution in [0.2, 0.25) is 10.0 Å². The number of rotatable bonds is 5. The molecule has 168 valence electrons. The van der Waals surface area contributed by atoms with Crippen LogP contribution in [0, 0.1) is 0 Å². The summed E-state index contributed by atoms with van der Waals surface area (Å²) in [6.45, 7) is 0. The van der Waals surface area contributed by atoms with Crippen LogP contribution in [0.15, 0.2) is 91.3 Å². The first-order valence-electron chi connectivity index (χ1n) is 10.5. The lowest BCUT2D eigenvalue weighted by molar-refractivity contribution is 0.0953. The molecule has 1 amide bonds. The SMILES string of the molecule is CN(NC(=O)c1cnn2c(-c3ccc(Cl)cc3)c(-c3ccccc3Cl)cnc12)c1ccccc1. The maximum atomic E-state index is 13.1. The fourth-order valence-electron chi connectivity index (χ4n) is 3.78. The number of halogens is 2. The van der Waals surface area contributed by atoms with Gasteiger partial charge in [-0.1, -0.05) is 71.7 Å². The quantitative estimate of drug-likeness (QED) is 0.302. The maximum absolute atomic E-state index is 13.1. The van der Waals surface area contributed by atoms with Gasteiger partial charge < -0.3 is 0 Å². The van der Waals surface area contributed by atoms with Gasteiger partial charge in [-0.2, -0.15) is 5.10 Å². The second-order valence-corrected chi connectivity index (χ2v) is 8.48. The summed E-state index contributed by atoms with van der Waals surface area (Å²) >= 11 is 12.6. The Morgan fingerprint density at radius 2 is 1.59 bits per heavy atom. The van der Waals surface area contributed by atoms with Crippen molar-refractivity contribution in [1.82, 2.24) is 20.0 Å². The van der Waals surface area contributed by atoms with E-state index >= 15 is 0 Å². The number of hydrogen-bond donors (Lipinski definition) is 1. The lowest BCUT2D eigenvalue weighted by atomic mass is 10.0. The molecule has 0 spiro atoms. The lowest BCUT2D eigenvalue weighted by Gasteiger charge is -2.19. The van der Waals surface area contributed by atoms with Gasteiger partial charge in [-0.05, 0) is 30.3 Å². The highest BCUT2D eigenvalue weighted by Crippen LogP contribution is 2.36. The van der Waals surface area contributed by atoms with E-state index < -0.39 is 0 Å². The zero-order chi connectivity index (χ0) is 23.7. The van der Waals surface area contributed by atoms with Crippen molar-refractivity contribution >= 4 is 40.4 Å². The Balaban J connectivity index is 1.63. The molecule has 1 N–H and O–H groups in total. The maximum Gasteiger partial charge on any atom is 0.275 e. The molecule has 0 bridgehead atoms. The predicted molar refractivity (Wildman–Crippen MR) is 136 cm³/mol. The summed E-state index contributed by atoms with van der Waals surface area (Å²) < 4.78 is 1.67. The number of benzene rings is 3. The van der Waals surface area contributed by atoms with E-state index in [0.29, 0.717) is 21.3 Å². The van der Waals surface area contributed by atoms with Gasteiger partial charge in [0.25, 0.3) is 5.91 Å². The molecule has 0 radical (unpaired) electrons. The van der Waals surface area contributed by atoms with E-state index in [1.165, 1.54) is 6.20 Å². The first-order valence-corrected chi connectivity index (χ1v) is 11.3. The van der Waals surface area contributed by atoms with Crippen LogP contribution in [0.4, 0.5) is 5.69 Å². The van der Waals surface area contributed by atoms with Gasteiger partial charge in [0.15, 0.2) is 5.65 Å². The summed E-state index contributed by atoms with van der Waals surface area (Å²) in [6, 6.07) is 24.5. The Morgan fingerprint density at radius 3 is 2.32 bits per heavy atom. The van der Waals surface area contributed by atoms with Crippen LogP contribution in [0.25, 0.3) is 28.0 Å². The second kappa shape index (κ2) is 9.17. The number of hydrogen-bond acceptors (Lipinski definition) is 4. The molecule has 0 atom stereocenters. The Kier molecular flexibility index (Phi) is 5.92. The number of para-hydroxylation sites is 1. The summed E-state index contributed by atoms with van der Waals surface area (Å²) in [5, 5.41) is 7.40. The molecule has 6 nitrogen and oxygen atoms in total. The second-order valence-electron chi connectivity index (χ2n) is 7.64. The molecular formula is C26H19Cl2N5O. The highest BCUT2D eigenvalue weighted by molar-refractivity contribution is 6.33. The van der Waals surface area contributed by atoms with Crippen molar-refractivity contribution in [2.75, 3.05) is 12.1 Å². The van der Waals surface area contributed by atoms with E-state index in [4.69, 9.17) is 23.2 Å². The molecule has 3 aromatic carbocycles. The Bertz CT molecular complexity index is 1480. The third-order valence-electron chi connectivity index (χ3n) is 5.47. The van der Waals surface area contributed by atoms with Crippen molar-refractivity contribution in [3.8, 4) is 22.4 Å².